The van der Waals surface area contributed by atoms with Crippen LogP contribution in [0.15, 0.2) is 46.9 Å². The highest BCUT2D eigenvalue weighted by Gasteiger charge is 2.19. The second-order valence-electron chi connectivity index (χ2n) is 6.87. The third-order valence-corrected chi connectivity index (χ3v) is 4.49. The molecule has 3 aromatic rings. The van der Waals surface area contributed by atoms with Gasteiger partial charge in [-0.1, -0.05) is 31.5 Å². The average molecular weight is 445 g/mol. The first-order valence-corrected chi connectivity index (χ1v) is 10.4. The summed E-state index contributed by atoms with van der Waals surface area (Å²) in [7, 11) is 0. The van der Waals surface area contributed by atoms with Crippen molar-refractivity contribution in [1.29, 1.82) is 0 Å². The Morgan fingerprint density at radius 3 is 2.31 bits per heavy atom. The summed E-state index contributed by atoms with van der Waals surface area (Å²) in [5.41, 5.74) is 1.87. The fourth-order valence-electron chi connectivity index (χ4n) is 2.92. The molecule has 0 unspecified atom stereocenters. The largest absolute Gasteiger partial charge is 0.478 e. The predicted molar refractivity (Wildman–Crippen MR) is 118 cm³/mol. The molecule has 0 aliphatic rings. The second-order valence-corrected chi connectivity index (χ2v) is 6.87. The van der Waals surface area contributed by atoms with Gasteiger partial charge < -0.3 is 25.1 Å². The Kier molecular flexibility index (Phi) is 10.5. The molecule has 0 atom stereocenters. The topological polar surface area (TPSA) is 129 Å². The molecule has 0 aliphatic carbocycles. The van der Waals surface area contributed by atoms with Crippen LogP contribution in [0, 0.1) is 5.82 Å². The molecule has 4 N–H and O–H groups in total. The van der Waals surface area contributed by atoms with Crippen LogP contribution in [0.1, 0.15) is 35.7 Å². The summed E-state index contributed by atoms with van der Waals surface area (Å²) in [5, 5.41) is 36.3. The number of carboxylic acids is 1. The number of carbonyl (C=O) groups is 1. The lowest BCUT2D eigenvalue weighted by atomic mass is 10.0. The van der Waals surface area contributed by atoms with E-state index in [1.165, 1.54) is 6.07 Å². The SMILES string of the molecule is CCCCc1ccccc1-c1nnc(-c2cc(F)ccc2C(=O)O)o1.OCCNCCO. The van der Waals surface area contributed by atoms with Gasteiger partial charge in [0.1, 0.15) is 5.82 Å². The van der Waals surface area contributed by atoms with Crippen LogP contribution in [0.3, 0.4) is 0 Å². The van der Waals surface area contributed by atoms with Crippen LogP contribution >= 0.6 is 0 Å². The highest BCUT2D eigenvalue weighted by molar-refractivity contribution is 5.94. The van der Waals surface area contributed by atoms with Crippen molar-refractivity contribution in [3.8, 4) is 22.9 Å². The maximum Gasteiger partial charge on any atom is 0.336 e. The van der Waals surface area contributed by atoms with Crippen LogP contribution in [0.2, 0.25) is 0 Å². The molecule has 0 saturated carbocycles. The molecule has 3 rings (SSSR count). The van der Waals surface area contributed by atoms with Gasteiger partial charge in [0, 0.05) is 18.7 Å². The molecule has 0 saturated heterocycles. The van der Waals surface area contributed by atoms with E-state index in [-0.39, 0.29) is 30.2 Å². The number of benzene rings is 2. The number of hydrogen-bond acceptors (Lipinski definition) is 7. The lowest BCUT2D eigenvalue weighted by molar-refractivity contribution is 0.0697. The summed E-state index contributed by atoms with van der Waals surface area (Å²) in [6, 6.07) is 11.1. The number of carboxylic acid groups (broad SMARTS) is 1. The van der Waals surface area contributed by atoms with Crippen LogP contribution in [-0.4, -0.2) is 57.8 Å². The average Bonchev–Trinajstić information content (AvgIpc) is 3.28. The number of aromatic nitrogens is 2. The molecule has 32 heavy (non-hydrogen) atoms. The molecule has 172 valence electrons. The molecule has 0 spiro atoms. The Balaban J connectivity index is 0.000000451. The molecule has 9 heteroatoms. The Hall–Kier alpha value is -3.14. The van der Waals surface area contributed by atoms with Crippen LogP contribution < -0.4 is 5.32 Å². The lowest BCUT2D eigenvalue weighted by Crippen LogP contribution is -2.21. The number of hydrogen-bond donors (Lipinski definition) is 4. The molecule has 0 bridgehead atoms. The Morgan fingerprint density at radius 1 is 1.03 bits per heavy atom. The maximum atomic E-state index is 13.5. The normalized spacial score (nSPS) is 10.5. The molecular formula is C23H28FN3O5. The van der Waals surface area contributed by atoms with Crippen molar-refractivity contribution in [3.63, 3.8) is 0 Å². The number of halogens is 1. The van der Waals surface area contributed by atoms with Crippen molar-refractivity contribution in [3.05, 3.63) is 59.4 Å². The molecule has 0 radical (unpaired) electrons. The van der Waals surface area contributed by atoms with E-state index >= 15 is 0 Å². The van der Waals surface area contributed by atoms with Crippen molar-refractivity contribution < 1.29 is 28.9 Å². The first-order chi connectivity index (χ1) is 15.5. The monoisotopic (exact) mass is 445 g/mol. The lowest BCUT2D eigenvalue weighted by Gasteiger charge is -2.05. The van der Waals surface area contributed by atoms with E-state index in [1.807, 2.05) is 24.3 Å². The van der Waals surface area contributed by atoms with Crippen molar-refractivity contribution in [1.82, 2.24) is 15.5 Å². The van der Waals surface area contributed by atoms with Crippen LogP contribution in [0.5, 0.6) is 0 Å². The van der Waals surface area contributed by atoms with Crippen LogP contribution in [0.4, 0.5) is 4.39 Å². The molecular weight excluding hydrogens is 417 g/mol. The zero-order valence-corrected chi connectivity index (χ0v) is 17.9. The van der Waals surface area contributed by atoms with Crippen molar-refractivity contribution in [2.75, 3.05) is 26.3 Å². The molecule has 0 amide bonds. The molecule has 0 aliphatic heterocycles. The van der Waals surface area contributed by atoms with Gasteiger partial charge in [-0.05, 0) is 42.7 Å². The highest BCUT2D eigenvalue weighted by Crippen LogP contribution is 2.29. The van der Waals surface area contributed by atoms with Crippen LogP contribution in [0.25, 0.3) is 22.9 Å². The fraction of sp³-hybridized carbons (Fsp3) is 0.348. The smallest absolute Gasteiger partial charge is 0.336 e. The minimum absolute atomic E-state index is 0.0165. The minimum atomic E-state index is -1.18. The first kappa shape index (κ1) is 25.1. The number of nitrogens with one attached hydrogen (secondary N) is 1. The van der Waals surface area contributed by atoms with Gasteiger partial charge in [0.25, 0.3) is 0 Å². The molecule has 1 aromatic heterocycles. The number of aliphatic hydroxyl groups excluding tert-OH is 2. The molecule has 1 heterocycles. The van der Waals surface area contributed by atoms with E-state index in [4.69, 9.17) is 14.6 Å². The van der Waals surface area contributed by atoms with E-state index in [9.17, 15) is 14.3 Å². The van der Waals surface area contributed by atoms with E-state index < -0.39 is 11.8 Å². The van der Waals surface area contributed by atoms with Gasteiger partial charge in [-0.2, -0.15) is 0 Å². The summed E-state index contributed by atoms with van der Waals surface area (Å²) in [4.78, 5) is 11.3. The first-order valence-electron chi connectivity index (χ1n) is 10.4. The van der Waals surface area contributed by atoms with E-state index in [1.54, 1.807) is 0 Å². The summed E-state index contributed by atoms with van der Waals surface area (Å²) in [6.45, 7) is 3.53. The van der Waals surface area contributed by atoms with Gasteiger partial charge in [0.15, 0.2) is 0 Å². The summed E-state index contributed by atoms with van der Waals surface area (Å²) in [5.74, 6) is -1.47. The third-order valence-electron chi connectivity index (χ3n) is 4.49. The van der Waals surface area contributed by atoms with Crippen molar-refractivity contribution in [2.45, 2.75) is 26.2 Å². The zero-order valence-electron chi connectivity index (χ0n) is 17.9. The van der Waals surface area contributed by atoms with Crippen molar-refractivity contribution in [2.24, 2.45) is 0 Å². The van der Waals surface area contributed by atoms with Crippen LogP contribution in [-0.2, 0) is 6.42 Å². The number of rotatable bonds is 10. The second kappa shape index (κ2) is 13.3. The summed E-state index contributed by atoms with van der Waals surface area (Å²) >= 11 is 0. The minimum Gasteiger partial charge on any atom is -0.478 e. The molecule has 0 fully saturated rings. The highest BCUT2D eigenvalue weighted by atomic mass is 19.1. The molecule has 8 nitrogen and oxygen atoms in total. The Labute approximate surface area is 185 Å². The fourth-order valence-corrected chi connectivity index (χ4v) is 2.92. The van der Waals surface area contributed by atoms with E-state index in [0.29, 0.717) is 19.0 Å². The quantitative estimate of drug-likeness (QED) is 0.350. The Bertz CT molecular complexity index is 989. The van der Waals surface area contributed by atoms with E-state index in [0.717, 1.165) is 42.5 Å². The maximum absolute atomic E-state index is 13.5. The zero-order chi connectivity index (χ0) is 23.3. The number of nitrogens with zero attached hydrogens (tertiary/aromatic N) is 2. The van der Waals surface area contributed by atoms with E-state index in [2.05, 4.69) is 22.4 Å². The predicted octanol–water partition coefficient (Wildman–Crippen LogP) is 3.14. The number of aryl methyl sites for hydroxylation is 1. The van der Waals surface area contributed by atoms with Gasteiger partial charge >= 0.3 is 5.97 Å². The van der Waals surface area contributed by atoms with Gasteiger partial charge in [0.05, 0.1) is 24.3 Å². The number of unbranched alkanes of at least 4 members (excludes halogenated alkanes) is 1. The van der Waals surface area contributed by atoms with Gasteiger partial charge in [0.2, 0.25) is 11.8 Å². The molecule has 2 aromatic carbocycles. The number of aliphatic hydroxyl groups is 2. The third kappa shape index (κ3) is 7.23. The summed E-state index contributed by atoms with van der Waals surface area (Å²) < 4.78 is 19.2. The van der Waals surface area contributed by atoms with Gasteiger partial charge in [-0.15, -0.1) is 10.2 Å². The standard InChI is InChI=1S/C19H17FN2O3.C4H11NO2/c1-2-3-6-12-7-4-5-8-14(12)17-21-22-18(25-17)16-11-13(20)9-10-15(16)19(23)24;6-3-1-5-2-4-7/h4-5,7-11H,2-3,6H2,1H3,(H,23,24);5-7H,1-4H2. The number of aromatic carboxylic acids is 1. The summed E-state index contributed by atoms with van der Waals surface area (Å²) in [6.07, 6.45) is 2.98. The van der Waals surface area contributed by atoms with Crippen molar-refractivity contribution >= 4 is 5.97 Å². The Morgan fingerprint density at radius 2 is 1.69 bits per heavy atom. The van der Waals surface area contributed by atoms with Gasteiger partial charge in [-0.3, -0.25) is 0 Å². The van der Waals surface area contributed by atoms with Gasteiger partial charge in [-0.25, -0.2) is 9.18 Å².